The molecule has 0 radical (unpaired) electrons. The lowest BCUT2D eigenvalue weighted by Crippen LogP contribution is -2.14. The molecular formula is C18H13NO3S. The summed E-state index contributed by atoms with van der Waals surface area (Å²) >= 11 is 1.63. The van der Waals surface area contributed by atoms with Gasteiger partial charge < -0.3 is 9.47 Å². The van der Waals surface area contributed by atoms with Crippen molar-refractivity contribution in [1.29, 1.82) is 5.26 Å². The number of carbonyl (C=O) groups excluding carboxylic acids is 1. The molecule has 0 fully saturated rings. The lowest BCUT2D eigenvalue weighted by atomic mass is 10.2. The van der Waals surface area contributed by atoms with Crippen molar-refractivity contribution in [3.63, 3.8) is 0 Å². The highest BCUT2D eigenvalue weighted by molar-refractivity contribution is 7.17. The molecule has 0 amide bonds. The molecule has 0 aliphatic heterocycles. The van der Waals surface area contributed by atoms with Gasteiger partial charge >= 0.3 is 5.97 Å². The van der Waals surface area contributed by atoms with Crippen LogP contribution in [0.1, 0.15) is 11.1 Å². The number of hydrogen-bond acceptors (Lipinski definition) is 5. The van der Waals surface area contributed by atoms with Gasteiger partial charge in [-0.15, -0.1) is 11.3 Å². The summed E-state index contributed by atoms with van der Waals surface area (Å²) in [5, 5.41) is 11.8. The number of ether oxygens (including phenoxy) is 2. The van der Waals surface area contributed by atoms with Crippen LogP contribution in [0.2, 0.25) is 0 Å². The van der Waals surface area contributed by atoms with Crippen LogP contribution in [0.15, 0.2) is 53.9 Å². The fraction of sp³-hybridized carbons (Fsp3) is 0.111. The first-order valence-electron chi connectivity index (χ1n) is 7.00. The monoisotopic (exact) mass is 323 g/mol. The minimum atomic E-state index is -0.426. The standard InChI is InChI=1S/C18H13NO3S/c19-9-13-5-7-15(8-6-13)21-11-18(20)22-10-14-12-23-17-4-2-1-3-16(14)17/h1-8,12H,10-11H2. The van der Waals surface area contributed by atoms with E-state index in [1.807, 2.05) is 35.7 Å². The third-order valence-corrected chi connectivity index (χ3v) is 4.30. The number of thiophene rings is 1. The van der Waals surface area contributed by atoms with E-state index in [9.17, 15) is 4.79 Å². The Morgan fingerprint density at radius 1 is 1.13 bits per heavy atom. The van der Waals surface area contributed by atoms with E-state index in [0.29, 0.717) is 11.3 Å². The Balaban J connectivity index is 1.52. The molecule has 23 heavy (non-hydrogen) atoms. The zero-order valence-corrected chi connectivity index (χ0v) is 13.0. The molecule has 0 aliphatic carbocycles. The molecule has 3 rings (SSSR count). The van der Waals surface area contributed by atoms with Gasteiger partial charge in [0.05, 0.1) is 11.6 Å². The summed E-state index contributed by atoms with van der Waals surface area (Å²) in [5.41, 5.74) is 1.54. The summed E-state index contributed by atoms with van der Waals surface area (Å²) in [7, 11) is 0. The van der Waals surface area contributed by atoms with Crippen molar-refractivity contribution in [3.05, 3.63) is 65.0 Å². The summed E-state index contributed by atoms with van der Waals surface area (Å²) in [6, 6.07) is 16.6. The number of benzene rings is 2. The average molecular weight is 323 g/mol. The SMILES string of the molecule is N#Cc1ccc(OCC(=O)OCc2csc3ccccc23)cc1. The number of nitrogens with zero attached hydrogens (tertiary/aromatic N) is 1. The van der Waals surface area contributed by atoms with E-state index in [-0.39, 0.29) is 13.2 Å². The predicted octanol–water partition coefficient (Wildman–Crippen LogP) is 3.90. The summed E-state index contributed by atoms with van der Waals surface area (Å²) < 4.78 is 11.8. The second-order valence-corrected chi connectivity index (χ2v) is 5.75. The minimum Gasteiger partial charge on any atom is -0.482 e. The zero-order chi connectivity index (χ0) is 16.1. The van der Waals surface area contributed by atoms with E-state index in [0.717, 1.165) is 10.9 Å². The molecule has 0 saturated heterocycles. The number of fused-ring (bicyclic) bond motifs is 1. The predicted molar refractivity (Wildman–Crippen MR) is 88.3 cm³/mol. The van der Waals surface area contributed by atoms with Crippen molar-refractivity contribution in [2.75, 3.05) is 6.61 Å². The molecule has 3 aromatic rings. The fourth-order valence-corrected chi connectivity index (χ4v) is 3.06. The molecule has 0 atom stereocenters. The molecule has 0 spiro atoms. The van der Waals surface area contributed by atoms with Crippen molar-refractivity contribution in [3.8, 4) is 11.8 Å². The fourth-order valence-electron chi connectivity index (χ4n) is 2.11. The van der Waals surface area contributed by atoms with Crippen LogP contribution in [0, 0.1) is 11.3 Å². The van der Waals surface area contributed by atoms with Crippen LogP contribution in [-0.4, -0.2) is 12.6 Å². The number of rotatable bonds is 5. The van der Waals surface area contributed by atoms with E-state index in [2.05, 4.69) is 0 Å². The zero-order valence-electron chi connectivity index (χ0n) is 12.2. The van der Waals surface area contributed by atoms with Crippen LogP contribution in [0.5, 0.6) is 5.75 Å². The maximum atomic E-state index is 11.8. The van der Waals surface area contributed by atoms with Crippen LogP contribution in [0.25, 0.3) is 10.1 Å². The summed E-state index contributed by atoms with van der Waals surface area (Å²) in [4.78, 5) is 11.8. The topological polar surface area (TPSA) is 59.3 Å². The van der Waals surface area contributed by atoms with Crippen molar-refractivity contribution in [2.24, 2.45) is 0 Å². The minimum absolute atomic E-state index is 0.159. The van der Waals surface area contributed by atoms with Gasteiger partial charge in [0, 0.05) is 10.3 Å². The van der Waals surface area contributed by atoms with Gasteiger partial charge in [-0.05, 0) is 41.1 Å². The Labute approximate surface area is 137 Å². The van der Waals surface area contributed by atoms with Crippen LogP contribution >= 0.6 is 11.3 Å². The first-order valence-corrected chi connectivity index (χ1v) is 7.88. The maximum Gasteiger partial charge on any atom is 0.344 e. The summed E-state index contributed by atoms with van der Waals surface area (Å²) in [5.74, 6) is 0.103. The van der Waals surface area contributed by atoms with E-state index < -0.39 is 5.97 Å². The summed E-state index contributed by atoms with van der Waals surface area (Å²) in [6.07, 6.45) is 0. The molecule has 0 unspecified atom stereocenters. The number of esters is 1. The Hall–Kier alpha value is -2.84. The van der Waals surface area contributed by atoms with Gasteiger partial charge in [-0.3, -0.25) is 0 Å². The van der Waals surface area contributed by atoms with Gasteiger partial charge in [-0.25, -0.2) is 4.79 Å². The molecule has 0 bridgehead atoms. The van der Waals surface area contributed by atoms with Gasteiger partial charge in [0.25, 0.3) is 0 Å². The molecular weight excluding hydrogens is 310 g/mol. The molecule has 2 aromatic carbocycles. The number of nitriles is 1. The van der Waals surface area contributed by atoms with E-state index in [1.165, 1.54) is 4.70 Å². The molecule has 0 aliphatic rings. The molecule has 5 heteroatoms. The Morgan fingerprint density at radius 2 is 1.91 bits per heavy atom. The van der Waals surface area contributed by atoms with Gasteiger partial charge in [0.2, 0.25) is 0 Å². The largest absolute Gasteiger partial charge is 0.482 e. The lowest BCUT2D eigenvalue weighted by Gasteiger charge is -2.07. The van der Waals surface area contributed by atoms with Crippen LogP contribution < -0.4 is 4.74 Å². The Bertz CT molecular complexity index is 862. The van der Waals surface area contributed by atoms with E-state index in [1.54, 1.807) is 35.6 Å². The number of hydrogen-bond donors (Lipinski definition) is 0. The lowest BCUT2D eigenvalue weighted by molar-refractivity contribution is -0.147. The van der Waals surface area contributed by atoms with Crippen molar-refractivity contribution < 1.29 is 14.3 Å². The highest BCUT2D eigenvalue weighted by atomic mass is 32.1. The highest BCUT2D eigenvalue weighted by Gasteiger charge is 2.08. The van der Waals surface area contributed by atoms with Gasteiger partial charge in [0.1, 0.15) is 12.4 Å². The van der Waals surface area contributed by atoms with Crippen LogP contribution in [0.4, 0.5) is 0 Å². The second kappa shape index (κ2) is 6.95. The molecule has 4 nitrogen and oxygen atoms in total. The maximum absolute atomic E-state index is 11.8. The van der Waals surface area contributed by atoms with Crippen molar-refractivity contribution >= 4 is 27.4 Å². The van der Waals surface area contributed by atoms with Crippen molar-refractivity contribution in [2.45, 2.75) is 6.61 Å². The first-order chi connectivity index (χ1) is 11.3. The van der Waals surface area contributed by atoms with E-state index >= 15 is 0 Å². The first kappa shape index (κ1) is 15.1. The molecule has 1 heterocycles. The molecule has 1 aromatic heterocycles. The Kier molecular flexibility index (Phi) is 4.55. The van der Waals surface area contributed by atoms with Gasteiger partial charge in [-0.2, -0.15) is 5.26 Å². The van der Waals surface area contributed by atoms with Gasteiger partial charge in [-0.1, -0.05) is 18.2 Å². The van der Waals surface area contributed by atoms with Gasteiger partial charge in [0.15, 0.2) is 6.61 Å². The molecule has 0 N–H and O–H groups in total. The van der Waals surface area contributed by atoms with Crippen LogP contribution in [-0.2, 0) is 16.1 Å². The quantitative estimate of drug-likeness (QED) is 0.668. The summed E-state index contributed by atoms with van der Waals surface area (Å²) in [6.45, 7) is 0.0769. The van der Waals surface area contributed by atoms with E-state index in [4.69, 9.17) is 14.7 Å². The highest BCUT2D eigenvalue weighted by Crippen LogP contribution is 2.26. The molecule has 0 saturated carbocycles. The third kappa shape index (κ3) is 3.68. The Morgan fingerprint density at radius 3 is 2.70 bits per heavy atom. The van der Waals surface area contributed by atoms with Crippen molar-refractivity contribution in [1.82, 2.24) is 0 Å². The average Bonchev–Trinajstić information content (AvgIpc) is 3.02. The van der Waals surface area contributed by atoms with Crippen LogP contribution in [0.3, 0.4) is 0 Å². The normalized spacial score (nSPS) is 10.2. The third-order valence-electron chi connectivity index (χ3n) is 3.29. The molecule has 114 valence electrons. The smallest absolute Gasteiger partial charge is 0.344 e. The second-order valence-electron chi connectivity index (χ2n) is 4.84. The number of carbonyl (C=O) groups is 1.